The maximum Gasteiger partial charge on any atom is 0.325 e. The van der Waals surface area contributed by atoms with Gasteiger partial charge in [-0.05, 0) is 31.9 Å². The molecule has 1 aliphatic rings. The van der Waals surface area contributed by atoms with E-state index in [1.807, 2.05) is 81.4 Å². The molecule has 1 heterocycles. The molecule has 1 fully saturated rings. The molecule has 6 heteroatoms. The summed E-state index contributed by atoms with van der Waals surface area (Å²) in [6, 6.07) is 18.0. The molecule has 0 aromatic heterocycles. The first-order chi connectivity index (χ1) is 13.8. The Morgan fingerprint density at radius 2 is 1.52 bits per heavy atom. The van der Waals surface area contributed by atoms with Crippen LogP contribution in [0.3, 0.4) is 0 Å². The van der Waals surface area contributed by atoms with Crippen LogP contribution in [0.25, 0.3) is 0 Å². The lowest BCUT2D eigenvalue weighted by Crippen LogP contribution is -2.50. The largest absolute Gasteiger partial charge is 0.332 e. The molecule has 0 radical (unpaired) electrons. The maximum atomic E-state index is 13.1. The van der Waals surface area contributed by atoms with Gasteiger partial charge in [-0.1, -0.05) is 60.7 Å². The van der Waals surface area contributed by atoms with Crippen molar-refractivity contribution in [3.05, 3.63) is 71.8 Å². The molecule has 6 nitrogen and oxygen atoms in total. The van der Waals surface area contributed by atoms with E-state index in [1.54, 1.807) is 4.90 Å². The van der Waals surface area contributed by atoms with Crippen molar-refractivity contribution in [1.82, 2.24) is 15.1 Å². The standard InChI is InChI=1S/C23H27N3O3/c1-23(2,3)26(15-18-12-8-5-9-13-18)20(27)16-25-21(28)19(24-22(25)29)14-17-10-6-4-7-11-17/h4-13,19H,14-16H2,1-3H3,(H,24,29). The molecule has 2 aromatic carbocycles. The molecule has 3 rings (SSSR count). The second-order valence-electron chi connectivity index (χ2n) is 8.25. The molecular weight excluding hydrogens is 366 g/mol. The zero-order valence-corrected chi connectivity index (χ0v) is 17.1. The third kappa shape index (κ3) is 5.02. The first-order valence-corrected chi connectivity index (χ1v) is 9.76. The molecule has 1 saturated heterocycles. The highest BCUT2D eigenvalue weighted by Crippen LogP contribution is 2.19. The van der Waals surface area contributed by atoms with Crippen LogP contribution in [0.5, 0.6) is 0 Å². The quantitative estimate of drug-likeness (QED) is 0.767. The van der Waals surface area contributed by atoms with Crippen LogP contribution in [0.4, 0.5) is 4.79 Å². The smallest absolute Gasteiger partial charge is 0.325 e. The van der Waals surface area contributed by atoms with Crippen molar-refractivity contribution < 1.29 is 14.4 Å². The molecule has 1 aliphatic heterocycles. The number of amides is 4. The summed E-state index contributed by atoms with van der Waals surface area (Å²) in [5, 5.41) is 2.70. The number of benzene rings is 2. The van der Waals surface area contributed by atoms with Crippen LogP contribution < -0.4 is 5.32 Å². The number of carbonyl (C=O) groups excluding carboxylic acids is 3. The Kier molecular flexibility index (Phi) is 6.01. The van der Waals surface area contributed by atoms with Gasteiger partial charge in [-0.25, -0.2) is 4.79 Å². The first-order valence-electron chi connectivity index (χ1n) is 9.76. The predicted octanol–water partition coefficient (Wildman–Crippen LogP) is 2.98. The molecule has 152 valence electrons. The lowest BCUT2D eigenvalue weighted by molar-refractivity contribution is -0.141. The molecular formula is C23H27N3O3. The molecule has 1 unspecified atom stereocenters. The number of carbonyl (C=O) groups is 3. The van der Waals surface area contributed by atoms with Crippen molar-refractivity contribution in [2.75, 3.05) is 6.54 Å². The van der Waals surface area contributed by atoms with E-state index in [1.165, 1.54) is 0 Å². The highest BCUT2D eigenvalue weighted by Gasteiger charge is 2.40. The fourth-order valence-electron chi connectivity index (χ4n) is 3.40. The minimum Gasteiger partial charge on any atom is -0.332 e. The SMILES string of the molecule is CC(C)(C)N(Cc1ccccc1)C(=O)CN1C(=O)NC(Cc2ccccc2)C1=O. The van der Waals surface area contributed by atoms with E-state index in [2.05, 4.69) is 5.32 Å². The zero-order chi connectivity index (χ0) is 21.0. The second kappa shape index (κ2) is 8.47. The van der Waals surface area contributed by atoms with E-state index < -0.39 is 17.6 Å². The Morgan fingerprint density at radius 1 is 0.966 bits per heavy atom. The molecule has 29 heavy (non-hydrogen) atoms. The summed E-state index contributed by atoms with van der Waals surface area (Å²) in [6.45, 7) is 5.98. The molecule has 1 atom stereocenters. The minimum absolute atomic E-state index is 0.259. The molecule has 0 spiro atoms. The summed E-state index contributed by atoms with van der Waals surface area (Å²) in [5.74, 6) is -0.619. The molecule has 0 saturated carbocycles. The summed E-state index contributed by atoms with van der Waals surface area (Å²) in [5.41, 5.74) is 1.50. The number of nitrogens with one attached hydrogen (secondary N) is 1. The fraction of sp³-hybridized carbons (Fsp3) is 0.348. The molecule has 4 amide bonds. The second-order valence-corrected chi connectivity index (χ2v) is 8.25. The highest BCUT2D eigenvalue weighted by atomic mass is 16.2. The van der Waals surface area contributed by atoms with Gasteiger partial charge in [0.2, 0.25) is 5.91 Å². The van der Waals surface area contributed by atoms with E-state index in [0.717, 1.165) is 16.0 Å². The van der Waals surface area contributed by atoms with Crippen molar-refractivity contribution in [2.45, 2.75) is 45.3 Å². The number of urea groups is 1. The number of rotatable bonds is 6. The molecule has 2 aromatic rings. The average Bonchev–Trinajstić information content (AvgIpc) is 2.94. The van der Waals surface area contributed by atoms with Gasteiger partial charge in [-0.2, -0.15) is 0 Å². The summed E-state index contributed by atoms with van der Waals surface area (Å²) in [6.07, 6.45) is 0.406. The summed E-state index contributed by atoms with van der Waals surface area (Å²) in [4.78, 5) is 40.9. The van der Waals surface area contributed by atoms with Crippen molar-refractivity contribution in [2.24, 2.45) is 0 Å². The van der Waals surface area contributed by atoms with Gasteiger partial charge in [0.25, 0.3) is 5.91 Å². The Labute approximate surface area is 171 Å². The zero-order valence-electron chi connectivity index (χ0n) is 17.1. The van der Waals surface area contributed by atoms with Gasteiger partial charge in [0.1, 0.15) is 12.6 Å². The van der Waals surface area contributed by atoms with Gasteiger partial charge < -0.3 is 10.2 Å². The van der Waals surface area contributed by atoms with Crippen LogP contribution in [0.15, 0.2) is 60.7 Å². The van der Waals surface area contributed by atoms with E-state index >= 15 is 0 Å². The highest BCUT2D eigenvalue weighted by molar-refractivity contribution is 6.06. The number of imide groups is 1. The molecule has 1 N–H and O–H groups in total. The first kappa shape index (κ1) is 20.6. The van der Waals surface area contributed by atoms with E-state index in [-0.39, 0.29) is 18.4 Å². The van der Waals surface area contributed by atoms with Crippen molar-refractivity contribution in [1.29, 1.82) is 0 Å². The Hall–Kier alpha value is -3.15. The van der Waals surface area contributed by atoms with Crippen LogP contribution in [-0.2, 0) is 22.6 Å². The summed E-state index contributed by atoms with van der Waals surface area (Å²) < 4.78 is 0. The van der Waals surface area contributed by atoms with E-state index in [9.17, 15) is 14.4 Å². The number of hydrogen-bond acceptors (Lipinski definition) is 3. The van der Waals surface area contributed by atoms with Crippen molar-refractivity contribution in [3.8, 4) is 0 Å². The van der Waals surface area contributed by atoms with Gasteiger partial charge in [-0.3, -0.25) is 14.5 Å². The van der Waals surface area contributed by atoms with Crippen LogP contribution >= 0.6 is 0 Å². The minimum atomic E-state index is -0.644. The van der Waals surface area contributed by atoms with E-state index in [0.29, 0.717) is 13.0 Å². The monoisotopic (exact) mass is 393 g/mol. The summed E-state index contributed by atoms with van der Waals surface area (Å²) >= 11 is 0. The van der Waals surface area contributed by atoms with Gasteiger partial charge in [-0.15, -0.1) is 0 Å². The fourth-order valence-corrected chi connectivity index (χ4v) is 3.40. The van der Waals surface area contributed by atoms with Crippen LogP contribution in [0.1, 0.15) is 31.9 Å². The van der Waals surface area contributed by atoms with Crippen molar-refractivity contribution in [3.63, 3.8) is 0 Å². The van der Waals surface area contributed by atoms with Gasteiger partial charge in [0.15, 0.2) is 0 Å². The molecule has 0 bridgehead atoms. The number of hydrogen-bond donors (Lipinski definition) is 1. The Bertz CT molecular complexity index is 875. The van der Waals surface area contributed by atoms with E-state index in [4.69, 9.17) is 0 Å². The number of nitrogens with zero attached hydrogens (tertiary/aromatic N) is 2. The summed E-state index contributed by atoms with van der Waals surface area (Å²) in [7, 11) is 0. The molecule has 0 aliphatic carbocycles. The maximum absolute atomic E-state index is 13.1. The van der Waals surface area contributed by atoms with Gasteiger partial charge >= 0.3 is 6.03 Å². The third-order valence-corrected chi connectivity index (χ3v) is 4.98. The van der Waals surface area contributed by atoms with Crippen LogP contribution in [0.2, 0.25) is 0 Å². The van der Waals surface area contributed by atoms with Gasteiger partial charge in [0.05, 0.1) is 0 Å². The Balaban J connectivity index is 1.70. The predicted molar refractivity (Wildman–Crippen MR) is 111 cm³/mol. The van der Waals surface area contributed by atoms with Crippen molar-refractivity contribution >= 4 is 17.8 Å². The van der Waals surface area contributed by atoms with Crippen LogP contribution in [-0.4, -0.2) is 45.8 Å². The lowest BCUT2D eigenvalue weighted by atomic mass is 10.0. The van der Waals surface area contributed by atoms with Gasteiger partial charge in [0, 0.05) is 18.5 Å². The topological polar surface area (TPSA) is 69.7 Å². The third-order valence-electron chi connectivity index (χ3n) is 4.98. The Morgan fingerprint density at radius 3 is 2.07 bits per heavy atom. The van der Waals surface area contributed by atoms with Crippen LogP contribution in [0, 0.1) is 0 Å². The average molecular weight is 393 g/mol. The lowest BCUT2D eigenvalue weighted by Gasteiger charge is -2.36. The normalized spacial score (nSPS) is 16.7.